The summed E-state index contributed by atoms with van der Waals surface area (Å²) in [5.74, 6) is -0.174. The predicted octanol–water partition coefficient (Wildman–Crippen LogP) is 4.22. The SMILES string of the molecule is COc1cc(C=Nn2c(-c3ccc(Cl)cc3Cl)n[nH]c2=S)cc(O)c1O. The second-order valence-corrected chi connectivity index (χ2v) is 6.35. The van der Waals surface area contributed by atoms with Crippen molar-refractivity contribution in [3.8, 4) is 28.6 Å². The molecule has 0 bridgehead atoms. The minimum atomic E-state index is -0.349. The van der Waals surface area contributed by atoms with Crippen molar-refractivity contribution in [3.63, 3.8) is 0 Å². The highest BCUT2D eigenvalue weighted by Gasteiger charge is 2.13. The van der Waals surface area contributed by atoms with Crippen LogP contribution in [0.1, 0.15) is 5.56 Å². The largest absolute Gasteiger partial charge is 0.504 e. The molecular weight excluding hydrogens is 399 g/mol. The summed E-state index contributed by atoms with van der Waals surface area (Å²) in [6, 6.07) is 7.82. The van der Waals surface area contributed by atoms with Crippen molar-refractivity contribution >= 4 is 41.6 Å². The second-order valence-electron chi connectivity index (χ2n) is 5.12. The van der Waals surface area contributed by atoms with Gasteiger partial charge in [0.2, 0.25) is 10.5 Å². The predicted molar refractivity (Wildman–Crippen MR) is 102 cm³/mol. The average molecular weight is 411 g/mol. The van der Waals surface area contributed by atoms with Gasteiger partial charge in [0.1, 0.15) is 0 Å². The number of nitrogens with one attached hydrogen (secondary N) is 1. The molecule has 3 N–H and O–H groups in total. The highest BCUT2D eigenvalue weighted by molar-refractivity contribution is 7.71. The molecular formula is C16H12Cl2N4O3S. The van der Waals surface area contributed by atoms with Gasteiger partial charge in [0.05, 0.1) is 18.3 Å². The Morgan fingerprint density at radius 3 is 2.73 bits per heavy atom. The first-order chi connectivity index (χ1) is 12.4. The third kappa shape index (κ3) is 3.52. The molecule has 7 nitrogen and oxygen atoms in total. The Kier molecular flexibility index (Phi) is 5.17. The Morgan fingerprint density at radius 2 is 2.04 bits per heavy atom. The van der Waals surface area contributed by atoms with E-state index in [-0.39, 0.29) is 22.0 Å². The summed E-state index contributed by atoms with van der Waals surface area (Å²) < 4.78 is 6.62. The average Bonchev–Trinajstić information content (AvgIpc) is 2.96. The molecule has 0 aliphatic rings. The molecule has 3 aromatic rings. The zero-order chi connectivity index (χ0) is 18.8. The molecule has 1 heterocycles. The van der Waals surface area contributed by atoms with Crippen molar-refractivity contribution in [3.05, 3.63) is 50.7 Å². The number of H-pyrrole nitrogens is 1. The first-order valence-electron chi connectivity index (χ1n) is 7.18. The van der Waals surface area contributed by atoms with Crippen molar-refractivity contribution in [2.24, 2.45) is 5.10 Å². The lowest BCUT2D eigenvalue weighted by molar-refractivity contribution is 0.351. The van der Waals surface area contributed by atoms with Crippen LogP contribution in [0.4, 0.5) is 0 Å². The highest BCUT2D eigenvalue weighted by Crippen LogP contribution is 2.36. The van der Waals surface area contributed by atoms with Crippen molar-refractivity contribution < 1.29 is 14.9 Å². The van der Waals surface area contributed by atoms with E-state index < -0.39 is 0 Å². The summed E-state index contributed by atoms with van der Waals surface area (Å²) >= 11 is 17.3. The van der Waals surface area contributed by atoms with Crippen LogP contribution in [-0.2, 0) is 0 Å². The number of aromatic hydroxyl groups is 2. The van der Waals surface area contributed by atoms with Gasteiger partial charge in [-0.2, -0.15) is 14.9 Å². The molecule has 2 aromatic carbocycles. The van der Waals surface area contributed by atoms with E-state index in [0.29, 0.717) is 27.0 Å². The lowest BCUT2D eigenvalue weighted by Crippen LogP contribution is -1.96. The van der Waals surface area contributed by atoms with Crippen LogP contribution in [0.2, 0.25) is 10.0 Å². The Hall–Kier alpha value is -2.55. The maximum atomic E-state index is 9.75. The first-order valence-corrected chi connectivity index (χ1v) is 8.34. The lowest BCUT2D eigenvalue weighted by Gasteiger charge is -2.06. The summed E-state index contributed by atoms with van der Waals surface area (Å²) in [5, 5.41) is 31.4. The van der Waals surface area contributed by atoms with E-state index in [2.05, 4.69) is 15.3 Å². The van der Waals surface area contributed by atoms with Crippen molar-refractivity contribution in [2.45, 2.75) is 0 Å². The minimum absolute atomic E-state index is 0.114. The number of hydrogen-bond acceptors (Lipinski definition) is 6. The number of benzene rings is 2. The van der Waals surface area contributed by atoms with E-state index in [4.69, 9.17) is 40.2 Å². The molecule has 0 unspecified atom stereocenters. The Morgan fingerprint density at radius 1 is 1.27 bits per heavy atom. The molecule has 0 spiro atoms. The fraction of sp³-hybridized carbons (Fsp3) is 0.0625. The number of ether oxygens (including phenoxy) is 1. The molecule has 0 aliphatic heterocycles. The number of phenolic OH excluding ortho intramolecular Hbond substituents is 2. The lowest BCUT2D eigenvalue weighted by atomic mass is 10.2. The standard InChI is InChI=1S/C16H12Cl2N4O3S/c1-25-13-5-8(4-12(23)14(13)24)7-19-22-15(20-21-16(22)26)10-3-2-9(17)6-11(10)18/h2-7,23-24H,1H3,(H,21,26). The molecule has 0 saturated carbocycles. The summed E-state index contributed by atoms with van der Waals surface area (Å²) in [6.07, 6.45) is 1.43. The van der Waals surface area contributed by atoms with Crippen molar-refractivity contribution in [1.29, 1.82) is 0 Å². The van der Waals surface area contributed by atoms with E-state index in [0.717, 1.165) is 0 Å². The molecule has 134 valence electrons. The van der Waals surface area contributed by atoms with Gasteiger partial charge in [-0.15, -0.1) is 0 Å². The highest BCUT2D eigenvalue weighted by atomic mass is 35.5. The molecule has 0 radical (unpaired) electrons. The Balaban J connectivity index is 2.04. The third-order valence-electron chi connectivity index (χ3n) is 3.44. The molecule has 0 saturated heterocycles. The Bertz CT molecular complexity index is 1060. The van der Waals surface area contributed by atoms with E-state index in [1.54, 1.807) is 18.2 Å². The van der Waals surface area contributed by atoms with E-state index in [1.807, 2.05) is 0 Å². The molecule has 0 amide bonds. The number of methoxy groups -OCH3 is 1. The van der Waals surface area contributed by atoms with Gasteiger partial charge in [0.25, 0.3) is 0 Å². The number of aromatic amines is 1. The van der Waals surface area contributed by atoms with Crippen LogP contribution >= 0.6 is 35.4 Å². The topological polar surface area (TPSA) is 95.7 Å². The zero-order valence-corrected chi connectivity index (χ0v) is 15.6. The number of halogens is 2. The summed E-state index contributed by atoms with van der Waals surface area (Å²) in [5.41, 5.74) is 1.07. The van der Waals surface area contributed by atoms with E-state index in [1.165, 1.54) is 30.1 Å². The zero-order valence-electron chi connectivity index (χ0n) is 13.3. The monoisotopic (exact) mass is 410 g/mol. The fourth-order valence-electron chi connectivity index (χ4n) is 2.21. The van der Waals surface area contributed by atoms with Gasteiger partial charge in [0.15, 0.2) is 17.3 Å². The summed E-state index contributed by atoms with van der Waals surface area (Å²) in [6.45, 7) is 0. The van der Waals surface area contributed by atoms with Crippen LogP contribution in [-0.4, -0.2) is 38.4 Å². The normalized spacial score (nSPS) is 11.2. The minimum Gasteiger partial charge on any atom is -0.504 e. The summed E-state index contributed by atoms with van der Waals surface area (Å²) in [4.78, 5) is 0. The maximum absolute atomic E-state index is 9.75. The quantitative estimate of drug-likeness (QED) is 0.340. The van der Waals surface area contributed by atoms with Gasteiger partial charge in [-0.1, -0.05) is 23.2 Å². The third-order valence-corrected chi connectivity index (χ3v) is 4.25. The van der Waals surface area contributed by atoms with Gasteiger partial charge in [-0.3, -0.25) is 0 Å². The summed E-state index contributed by atoms with van der Waals surface area (Å²) in [7, 11) is 1.38. The molecule has 10 heteroatoms. The first kappa shape index (κ1) is 18.2. The maximum Gasteiger partial charge on any atom is 0.216 e. The van der Waals surface area contributed by atoms with Crippen LogP contribution in [0.25, 0.3) is 11.4 Å². The van der Waals surface area contributed by atoms with Crippen LogP contribution in [0.15, 0.2) is 35.4 Å². The van der Waals surface area contributed by atoms with E-state index in [9.17, 15) is 10.2 Å². The van der Waals surface area contributed by atoms with Gasteiger partial charge in [-0.25, -0.2) is 5.10 Å². The van der Waals surface area contributed by atoms with Crippen LogP contribution in [0.3, 0.4) is 0 Å². The fourth-order valence-corrected chi connectivity index (χ4v) is 2.88. The van der Waals surface area contributed by atoms with Crippen LogP contribution in [0, 0.1) is 4.77 Å². The van der Waals surface area contributed by atoms with Gasteiger partial charge < -0.3 is 14.9 Å². The number of hydrogen-bond donors (Lipinski definition) is 3. The smallest absolute Gasteiger partial charge is 0.216 e. The van der Waals surface area contributed by atoms with Crippen LogP contribution < -0.4 is 4.74 Å². The van der Waals surface area contributed by atoms with Gasteiger partial charge >= 0.3 is 0 Å². The van der Waals surface area contributed by atoms with Gasteiger partial charge in [0, 0.05) is 16.1 Å². The van der Waals surface area contributed by atoms with Crippen LogP contribution in [0.5, 0.6) is 17.2 Å². The van der Waals surface area contributed by atoms with Crippen molar-refractivity contribution in [2.75, 3.05) is 7.11 Å². The molecule has 0 fully saturated rings. The second kappa shape index (κ2) is 7.36. The molecule has 0 aliphatic carbocycles. The van der Waals surface area contributed by atoms with E-state index >= 15 is 0 Å². The van der Waals surface area contributed by atoms with Crippen molar-refractivity contribution in [1.82, 2.24) is 14.9 Å². The number of aromatic nitrogens is 3. The Labute approximate surface area is 163 Å². The molecule has 3 rings (SSSR count). The number of phenols is 2. The number of nitrogens with zero attached hydrogens (tertiary/aromatic N) is 3. The molecule has 26 heavy (non-hydrogen) atoms. The molecule has 1 aromatic heterocycles. The number of rotatable bonds is 4. The molecule has 0 atom stereocenters. The van der Waals surface area contributed by atoms with Gasteiger partial charge in [-0.05, 0) is 42.5 Å².